The topological polar surface area (TPSA) is 21.7 Å². The average molecular weight is 271 g/mol. The predicted octanol–water partition coefficient (Wildman–Crippen LogP) is 3.19. The van der Waals surface area contributed by atoms with Crippen molar-refractivity contribution in [1.29, 1.82) is 0 Å². The average Bonchev–Trinajstić information content (AvgIpc) is 2.35. The molecule has 1 heterocycles. The highest BCUT2D eigenvalue weighted by Gasteiger charge is 2.19. The molecule has 0 spiro atoms. The number of methoxy groups -OCH3 is 1. The van der Waals surface area contributed by atoms with Crippen LogP contribution in [0, 0.1) is 11.3 Å². The molecule has 19 heavy (non-hydrogen) atoms. The molecule has 0 unspecified atom stereocenters. The molecule has 0 N–H and O–H groups in total. The van der Waals surface area contributed by atoms with E-state index < -0.39 is 0 Å². The Hall–Kier alpha value is -0.120. The molecule has 1 aliphatic rings. The third-order valence-corrected chi connectivity index (χ3v) is 3.82. The van der Waals surface area contributed by atoms with Gasteiger partial charge in [0.15, 0.2) is 0 Å². The van der Waals surface area contributed by atoms with Crippen LogP contribution in [0.15, 0.2) is 0 Å². The fourth-order valence-electron chi connectivity index (χ4n) is 2.93. The molecule has 0 aromatic carbocycles. The molecule has 3 heteroatoms. The smallest absolute Gasteiger partial charge is 0.0594 e. The summed E-state index contributed by atoms with van der Waals surface area (Å²) >= 11 is 0. The van der Waals surface area contributed by atoms with Gasteiger partial charge in [0.2, 0.25) is 0 Å². The molecule has 1 fully saturated rings. The molecule has 1 rings (SSSR count). The van der Waals surface area contributed by atoms with E-state index in [0.717, 1.165) is 38.8 Å². The largest absolute Gasteiger partial charge is 0.385 e. The van der Waals surface area contributed by atoms with Gasteiger partial charge in [0, 0.05) is 26.8 Å². The molecule has 0 aliphatic carbocycles. The van der Waals surface area contributed by atoms with Crippen LogP contribution >= 0.6 is 0 Å². The molecule has 114 valence electrons. The molecular formula is C16H33NO2. The minimum absolute atomic E-state index is 0.428. The lowest BCUT2D eigenvalue weighted by molar-refractivity contribution is 0.0361. The molecule has 1 atom stereocenters. The van der Waals surface area contributed by atoms with Gasteiger partial charge in [0.1, 0.15) is 0 Å². The van der Waals surface area contributed by atoms with Gasteiger partial charge in [-0.25, -0.2) is 0 Å². The van der Waals surface area contributed by atoms with E-state index in [0.29, 0.717) is 5.41 Å². The van der Waals surface area contributed by atoms with Crippen molar-refractivity contribution in [1.82, 2.24) is 4.90 Å². The van der Waals surface area contributed by atoms with Gasteiger partial charge in [0.05, 0.1) is 13.2 Å². The van der Waals surface area contributed by atoms with Crippen molar-refractivity contribution in [3.8, 4) is 0 Å². The van der Waals surface area contributed by atoms with Gasteiger partial charge in [-0.05, 0) is 43.6 Å². The Morgan fingerprint density at radius 3 is 2.42 bits per heavy atom. The molecule has 0 saturated carbocycles. The zero-order chi connectivity index (χ0) is 14.1. The van der Waals surface area contributed by atoms with Gasteiger partial charge in [-0.3, -0.25) is 4.90 Å². The van der Waals surface area contributed by atoms with Gasteiger partial charge in [0.25, 0.3) is 0 Å². The van der Waals surface area contributed by atoms with Gasteiger partial charge in [-0.2, -0.15) is 0 Å². The summed E-state index contributed by atoms with van der Waals surface area (Å²) in [6, 6.07) is 0. The van der Waals surface area contributed by atoms with E-state index in [-0.39, 0.29) is 0 Å². The van der Waals surface area contributed by atoms with Crippen molar-refractivity contribution in [2.45, 2.75) is 46.5 Å². The maximum Gasteiger partial charge on any atom is 0.0594 e. The van der Waals surface area contributed by atoms with E-state index in [9.17, 15) is 0 Å². The minimum Gasteiger partial charge on any atom is -0.385 e. The Bertz CT molecular complexity index is 219. The van der Waals surface area contributed by atoms with Crippen molar-refractivity contribution >= 4 is 0 Å². The molecule has 0 radical (unpaired) electrons. The van der Waals surface area contributed by atoms with Crippen LogP contribution in [-0.2, 0) is 9.47 Å². The molecule has 0 aromatic rings. The van der Waals surface area contributed by atoms with Crippen LogP contribution in [0.5, 0.6) is 0 Å². The number of hydrogen-bond donors (Lipinski definition) is 0. The third kappa shape index (κ3) is 8.61. The summed E-state index contributed by atoms with van der Waals surface area (Å²) < 4.78 is 10.6. The summed E-state index contributed by atoms with van der Waals surface area (Å²) in [7, 11) is 1.81. The summed E-state index contributed by atoms with van der Waals surface area (Å²) in [6.45, 7) is 13.2. The quantitative estimate of drug-likeness (QED) is 0.677. The van der Waals surface area contributed by atoms with Crippen molar-refractivity contribution < 1.29 is 9.47 Å². The Morgan fingerprint density at radius 2 is 1.84 bits per heavy atom. The fourth-order valence-corrected chi connectivity index (χ4v) is 2.93. The number of ether oxygens (including phenoxy) is 2. The number of rotatable bonds is 8. The minimum atomic E-state index is 0.428. The number of morpholine rings is 1. The Labute approximate surface area is 119 Å². The first-order valence-electron chi connectivity index (χ1n) is 7.80. The summed E-state index contributed by atoms with van der Waals surface area (Å²) in [5, 5.41) is 0. The second-order valence-electron chi connectivity index (χ2n) is 7.01. The van der Waals surface area contributed by atoms with Crippen LogP contribution in [0.3, 0.4) is 0 Å². The molecule has 3 nitrogen and oxygen atoms in total. The maximum atomic E-state index is 5.39. The molecule has 1 aliphatic heterocycles. The summed E-state index contributed by atoms with van der Waals surface area (Å²) in [4.78, 5) is 2.54. The van der Waals surface area contributed by atoms with Gasteiger partial charge in [-0.1, -0.05) is 20.8 Å². The predicted molar refractivity (Wildman–Crippen MR) is 80.5 cm³/mol. The van der Waals surface area contributed by atoms with Crippen molar-refractivity contribution in [3.05, 3.63) is 0 Å². The first-order valence-corrected chi connectivity index (χ1v) is 7.80. The first-order chi connectivity index (χ1) is 9.01. The molecule has 1 saturated heterocycles. The SMILES string of the molecule is COCC[C@H](CCCN1CCOCC1)CC(C)(C)C. The van der Waals surface area contributed by atoms with Crippen LogP contribution in [-0.4, -0.2) is 51.5 Å². The monoisotopic (exact) mass is 271 g/mol. The van der Waals surface area contributed by atoms with Crippen LogP contribution in [0.2, 0.25) is 0 Å². The molecule has 0 bridgehead atoms. The lowest BCUT2D eigenvalue weighted by Crippen LogP contribution is -2.37. The lowest BCUT2D eigenvalue weighted by atomic mass is 9.81. The van der Waals surface area contributed by atoms with Crippen LogP contribution < -0.4 is 0 Å². The van der Waals surface area contributed by atoms with E-state index >= 15 is 0 Å². The van der Waals surface area contributed by atoms with E-state index in [2.05, 4.69) is 25.7 Å². The van der Waals surface area contributed by atoms with Crippen LogP contribution in [0.4, 0.5) is 0 Å². The summed E-state index contributed by atoms with van der Waals surface area (Å²) in [6.07, 6.45) is 5.15. The van der Waals surface area contributed by atoms with E-state index in [1.165, 1.54) is 32.2 Å². The lowest BCUT2D eigenvalue weighted by Gasteiger charge is -2.29. The second kappa shape index (κ2) is 8.93. The van der Waals surface area contributed by atoms with Crippen LogP contribution in [0.1, 0.15) is 46.5 Å². The van der Waals surface area contributed by atoms with E-state index in [1.807, 2.05) is 7.11 Å². The van der Waals surface area contributed by atoms with Crippen molar-refractivity contribution in [2.24, 2.45) is 11.3 Å². The summed E-state index contributed by atoms with van der Waals surface area (Å²) in [5.74, 6) is 0.806. The van der Waals surface area contributed by atoms with Gasteiger partial charge >= 0.3 is 0 Å². The van der Waals surface area contributed by atoms with Gasteiger partial charge < -0.3 is 9.47 Å². The van der Waals surface area contributed by atoms with E-state index in [1.54, 1.807) is 0 Å². The zero-order valence-corrected chi connectivity index (χ0v) is 13.4. The molecular weight excluding hydrogens is 238 g/mol. The van der Waals surface area contributed by atoms with E-state index in [4.69, 9.17) is 9.47 Å². The highest BCUT2D eigenvalue weighted by Crippen LogP contribution is 2.29. The zero-order valence-electron chi connectivity index (χ0n) is 13.4. The van der Waals surface area contributed by atoms with Crippen molar-refractivity contribution in [2.75, 3.05) is 46.6 Å². The van der Waals surface area contributed by atoms with Crippen molar-refractivity contribution in [3.63, 3.8) is 0 Å². The van der Waals surface area contributed by atoms with Crippen LogP contribution in [0.25, 0.3) is 0 Å². The summed E-state index contributed by atoms with van der Waals surface area (Å²) in [5.41, 5.74) is 0.428. The Kier molecular flexibility index (Phi) is 7.96. The molecule has 0 aromatic heterocycles. The normalized spacial score (nSPS) is 19.6. The maximum absolute atomic E-state index is 5.39. The fraction of sp³-hybridized carbons (Fsp3) is 1.00. The number of hydrogen-bond acceptors (Lipinski definition) is 3. The standard InChI is InChI=1S/C16H33NO2/c1-16(2,3)14-15(7-11-18-4)6-5-8-17-9-12-19-13-10-17/h15H,5-14H2,1-4H3/t15-/m0/s1. The molecule has 0 amide bonds. The Morgan fingerprint density at radius 1 is 1.16 bits per heavy atom. The highest BCUT2D eigenvalue weighted by molar-refractivity contribution is 4.71. The first kappa shape index (κ1) is 16.9. The Balaban J connectivity index is 2.22. The second-order valence-corrected chi connectivity index (χ2v) is 7.01. The highest BCUT2D eigenvalue weighted by atomic mass is 16.5. The number of nitrogens with zero attached hydrogens (tertiary/aromatic N) is 1. The third-order valence-electron chi connectivity index (χ3n) is 3.82. The van der Waals surface area contributed by atoms with Gasteiger partial charge in [-0.15, -0.1) is 0 Å².